The summed E-state index contributed by atoms with van der Waals surface area (Å²) in [6.07, 6.45) is 11.1. The molecule has 5 rings (SSSR count). The number of aromatic nitrogens is 2. The van der Waals surface area contributed by atoms with Crippen molar-refractivity contribution < 1.29 is 4.79 Å². The monoisotopic (exact) mass is 415 g/mol. The molecule has 6 heteroatoms. The molecule has 1 unspecified atom stereocenters. The van der Waals surface area contributed by atoms with Crippen molar-refractivity contribution in [2.75, 3.05) is 33.2 Å². The van der Waals surface area contributed by atoms with Crippen LogP contribution in [0.1, 0.15) is 24.7 Å². The van der Waals surface area contributed by atoms with Crippen LogP contribution in [0.2, 0.25) is 0 Å². The van der Waals surface area contributed by atoms with Gasteiger partial charge in [0.25, 0.3) is 5.91 Å². The number of fused-ring (bicyclic) bond motifs is 2. The molecule has 0 spiro atoms. The average molecular weight is 416 g/mol. The highest BCUT2D eigenvalue weighted by Crippen LogP contribution is 2.32. The van der Waals surface area contributed by atoms with E-state index in [1.165, 1.54) is 0 Å². The Morgan fingerprint density at radius 2 is 1.87 bits per heavy atom. The second kappa shape index (κ2) is 7.85. The predicted molar refractivity (Wildman–Crippen MR) is 124 cm³/mol. The number of piperazine rings is 1. The number of imidazole rings is 1. The average Bonchev–Trinajstić information content (AvgIpc) is 3.14. The topological polar surface area (TPSA) is 55.5 Å². The number of hydrogen-bond acceptors (Lipinski definition) is 4. The Morgan fingerprint density at radius 3 is 2.68 bits per heavy atom. The molecule has 1 amide bonds. The molecule has 0 aliphatic carbocycles. The van der Waals surface area contributed by atoms with Gasteiger partial charge in [0.1, 0.15) is 5.82 Å². The minimum absolute atomic E-state index is 0.00432. The van der Waals surface area contributed by atoms with Crippen molar-refractivity contribution in [2.45, 2.75) is 20.3 Å². The number of amides is 1. The fourth-order valence-electron chi connectivity index (χ4n) is 4.56. The van der Waals surface area contributed by atoms with Crippen molar-refractivity contribution in [3.63, 3.8) is 0 Å². The highest BCUT2D eigenvalue weighted by Gasteiger charge is 2.25. The smallest absolute Gasteiger partial charge is 0.255 e. The van der Waals surface area contributed by atoms with E-state index >= 15 is 0 Å². The Hall–Kier alpha value is -3.12. The number of nitrogens with one attached hydrogen (secondary N) is 1. The van der Waals surface area contributed by atoms with E-state index < -0.39 is 0 Å². The number of likely N-dealkylation sites (N-methyl/N-ethyl adjacent to an activating group) is 1. The van der Waals surface area contributed by atoms with Crippen molar-refractivity contribution in [1.29, 1.82) is 0 Å². The van der Waals surface area contributed by atoms with Gasteiger partial charge in [0.05, 0.1) is 16.7 Å². The molecule has 1 fully saturated rings. The fraction of sp³-hybridized carbons (Fsp3) is 0.360. The van der Waals surface area contributed by atoms with Crippen LogP contribution in [-0.2, 0) is 4.79 Å². The van der Waals surface area contributed by atoms with E-state index in [2.05, 4.69) is 64.1 Å². The van der Waals surface area contributed by atoms with Crippen LogP contribution in [0.3, 0.4) is 0 Å². The van der Waals surface area contributed by atoms with Gasteiger partial charge in [-0.15, -0.1) is 0 Å². The molecule has 3 aliphatic rings. The third kappa shape index (κ3) is 3.83. The summed E-state index contributed by atoms with van der Waals surface area (Å²) in [6, 6.07) is 6.21. The number of aryl methyl sites for hydroxylation is 1. The quantitative estimate of drug-likeness (QED) is 0.813. The molecular weight excluding hydrogens is 386 g/mol. The molecule has 0 saturated carbocycles. The zero-order valence-electron chi connectivity index (χ0n) is 18.4. The lowest BCUT2D eigenvalue weighted by Gasteiger charge is -2.37. The van der Waals surface area contributed by atoms with Crippen molar-refractivity contribution in [1.82, 2.24) is 24.7 Å². The number of aromatic amines is 1. The molecule has 0 bridgehead atoms. The van der Waals surface area contributed by atoms with Crippen LogP contribution in [0, 0.1) is 12.8 Å². The zero-order chi connectivity index (χ0) is 21.5. The van der Waals surface area contributed by atoms with Crippen molar-refractivity contribution in [3.05, 3.63) is 71.5 Å². The highest BCUT2D eigenvalue weighted by atomic mass is 16.2. The molecule has 1 aromatic heterocycles. The molecule has 6 nitrogen and oxygen atoms in total. The highest BCUT2D eigenvalue weighted by molar-refractivity contribution is 5.98. The first-order valence-corrected chi connectivity index (χ1v) is 11.0. The van der Waals surface area contributed by atoms with Crippen molar-refractivity contribution in [3.8, 4) is 0 Å². The van der Waals surface area contributed by atoms with Gasteiger partial charge in [-0.25, -0.2) is 4.98 Å². The van der Waals surface area contributed by atoms with Crippen LogP contribution in [0.15, 0.2) is 60.1 Å². The predicted octanol–water partition coefficient (Wildman–Crippen LogP) is 3.67. The van der Waals surface area contributed by atoms with Gasteiger partial charge < -0.3 is 14.8 Å². The Kier molecular flexibility index (Phi) is 5.02. The van der Waals surface area contributed by atoms with Gasteiger partial charge >= 0.3 is 0 Å². The number of rotatable bonds is 2. The molecule has 0 radical (unpaired) electrons. The number of carbonyl (C=O) groups is 1. The maximum Gasteiger partial charge on any atom is 0.255 e. The SMILES string of the molecule is Cc1nc2ccc(C3=CC(=O)N4C=C(N5CCN(C)CC5)C=CC4=CCC3C)cc2[nH]1. The van der Waals surface area contributed by atoms with Gasteiger partial charge in [-0.3, -0.25) is 9.69 Å². The van der Waals surface area contributed by atoms with Crippen LogP contribution in [-0.4, -0.2) is 63.8 Å². The van der Waals surface area contributed by atoms with Crippen LogP contribution in [0.4, 0.5) is 0 Å². The Morgan fingerprint density at radius 1 is 1.10 bits per heavy atom. The molecule has 31 heavy (non-hydrogen) atoms. The van der Waals surface area contributed by atoms with E-state index in [9.17, 15) is 4.79 Å². The summed E-state index contributed by atoms with van der Waals surface area (Å²) in [7, 11) is 2.15. The zero-order valence-corrected chi connectivity index (χ0v) is 18.4. The summed E-state index contributed by atoms with van der Waals surface area (Å²) in [5.41, 5.74) is 6.17. The number of hydrogen-bond donors (Lipinski definition) is 1. The minimum atomic E-state index is 0.00432. The van der Waals surface area contributed by atoms with E-state index in [1.807, 2.05) is 25.3 Å². The van der Waals surface area contributed by atoms with Gasteiger partial charge in [-0.1, -0.05) is 19.1 Å². The summed E-state index contributed by atoms with van der Waals surface area (Å²) in [5.74, 6) is 1.15. The molecule has 4 heterocycles. The van der Waals surface area contributed by atoms with Crippen molar-refractivity contribution in [2.24, 2.45) is 5.92 Å². The van der Waals surface area contributed by atoms with Gasteiger partial charge in [0.2, 0.25) is 0 Å². The first-order chi connectivity index (χ1) is 15.0. The van der Waals surface area contributed by atoms with Crippen molar-refractivity contribution >= 4 is 22.5 Å². The minimum Gasteiger partial charge on any atom is -0.368 e. The third-order valence-electron chi connectivity index (χ3n) is 6.49. The maximum atomic E-state index is 13.4. The first-order valence-electron chi connectivity index (χ1n) is 11.0. The van der Waals surface area contributed by atoms with Gasteiger partial charge in [-0.05, 0) is 61.7 Å². The Balaban J connectivity index is 1.46. The third-order valence-corrected chi connectivity index (χ3v) is 6.49. The molecule has 1 saturated heterocycles. The molecular formula is C25H29N5O. The molecule has 160 valence electrons. The summed E-state index contributed by atoms with van der Waals surface area (Å²) in [6.45, 7) is 8.19. The van der Waals surface area contributed by atoms with Crippen LogP contribution < -0.4 is 0 Å². The second-order valence-electron chi connectivity index (χ2n) is 8.81. The van der Waals surface area contributed by atoms with E-state index in [1.54, 1.807) is 4.90 Å². The number of carbonyl (C=O) groups excluding carboxylic acids is 1. The molecule has 1 atom stereocenters. The van der Waals surface area contributed by atoms with Crippen LogP contribution in [0.5, 0.6) is 0 Å². The molecule has 1 aromatic carbocycles. The second-order valence-corrected chi connectivity index (χ2v) is 8.81. The van der Waals surface area contributed by atoms with Gasteiger partial charge in [0.15, 0.2) is 0 Å². The lowest BCUT2D eigenvalue weighted by Crippen LogP contribution is -2.44. The van der Waals surface area contributed by atoms with Gasteiger partial charge in [0, 0.05) is 44.2 Å². The van der Waals surface area contributed by atoms with E-state index in [0.717, 1.165) is 72.0 Å². The summed E-state index contributed by atoms with van der Waals surface area (Å²) < 4.78 is 0. The standard InChI is InChI=1S/C25H29N5O/c1-17-4-6-20-7-8-21(29-12-10-28(3)11-13-29)16-30(20)25(31)15-22(17)19-5-9-23-24(14-19)27-18(2)26-23/h5-9,14-17H,4,10-13H2,1-3H3,(H,26,27). The van der Waals surface area contributed by atoms with E-state index in [-0.39, 0.29) is 11.8 Å². The maximum absolute atomic E-state index is 13.4. The van der Waals surface area contributed by atoms with Crippen LogP contribution >= 0.6 is 0 Å². The summed E-state index contributed by atoms with van der Waals surface area (Å²) in [4.78, 5) is 27.7. The summed E-state index contributed by atoms with van der Waals surface area (Å²) in [5, 5.41) is 0. The number of nitrogens with zero attached hydrogens (tertiary/aromatic N) is 4. The van der Waals surface area contributed by atoms with Gasteiger partial charge in [-0.2, -0.15) is 0 Å². The molecule has 3 aliphatic heterocycles. The largest absolute Gasteiger partial charge is 0.368 e. The number of benzene rings is 1. The molecule has 2 aromatic rings. The Bertz CT molecular complexity index is 1140. The van der Waals surface area contributed by atoms with E-state index in [0.29, 0.717) is 0 Å². The first kappa shape index (κ1) is 19.8. The van der Waals surface area contributed by atoms with E-state index in [4.69, 9.17) is 0 Å². The molecule has 1 N–H and O–H groups in total. The Labute approximate surface area is 183 Å². The lowest BCUT2D eigenvalue weighted by molar-refractivity contribution is -0.122. The van der Waals surface area contributed by atoms with Crippen LogP contribution in [0.25, 0.3) is 16.6 Å². The number of H-pyrrole nitrogens is 1. The fourth-order valence-corrected chi connectivity index (χ4v) is 4.56. The number of allylic oxidation sites excluding steroid dienone is 4. The lowest BCUT2D eigenvalue weighted by atomic mass is 9.89. The normalized spacial score (nSPS) is 22.6. The summed E-state index contributed by atoms with van der Waals surface area (Å²) >= 11 is 0.